The van der Waals surface area contributed by atoms with Crippen LogP contribution in [0, 0.1) is 11.3 Å². The number of nitrogens with one attached hydrogen (secondary N) is 2. The first-order valence-electron chi connectivity index (χ1n) is 11.0. The predicted octanol–water partition coefficient (Wildman–Crippen LogP) is 2.22. The van der Waals surface area contributed by atoms with E-state index in [4.69, 9.17) is 18.9 Å². The van der Waals surface area contributed by atoms with E-state index in [1.54, 1.807) is 29.3 Å². The molecule has 1 atom stereocenters. The zero-order chi connectivity index (χ0) is 23.5. The summed E-state index contributed by atoms with van der Waals surface area (Å²) in [6.45, 7) is 3.27. The lowest BCUT2D eigenvalue weighted by Gasteiger charge is -2.27. The van der Waals surface area contributed by atoms with Crippen molar-refractivity contribution in [2.24, 2.45) is 0 Å². The highest BCUT2D eigenvalue weighted by molar-refractivity contribution is 5.95. The Balaban J connectivity index is 1.44. The monoisotopic (exact) mass is 464 g/mol. The third-order valence-electron chi connectivity index (χ3n) is 5.78. The Morgan fingerprint density at radius 2 is 2.12 bits per heavy atom. The Hall–Kier alpha value is -3.88. The molecule has 2 aliphatic rings. The Kier molecular flexibility index (Phi) is 6.16. The van der Waals surface area contributed by atoms with Gasteiger partial charge in [0.15, 0.2) is 0 Å². The van der Waals surface area contributed by atoms with Crippen molar-refractivity contribution in [2.75, 3.05) is 51.9 Å². The van der Waals surface area contributed by atoms with Gasteiger partial charge in [-0.15, -0.1) is 0 Å². The predicted molar refractivity (Wildman–Crippen MR) is 121 cm³/mol. The lowest BCUT2D eigenvalue weighted by Crippen LogP contribution is -2.40. The molecule has 0 spiro atoms. The van der Waals surface area contributed by atoms with Crippen LogP contribution >= 0.6 is 0 Å². The molecule has 1 aromatic carbocycles. The molecule has 0 bridgehead atoms. The van der Waals surface area contributed by atoms with Crippen LogP contribution in [0.15, 0.2) is 24.4 Å². The minimum atomic E-state index is -0.146. The summed E-state index contributed by atoms with van der Waals surface area (Å²) in [4.78, 5) is 26.6. The van der Waals surface area contributed by atoms with Gasteiger partial charge in [0.2, 0.25) is 11.8 Å². The maximum absolute atomic E-state index is 12.8. The van der Waals surface area contributed by atoms with Crippen LogP contribution in [0.25, 0.3) is 11.0 Å². The normalized spacial score (nSPS) is 18.0. The molecule has 5 rings (SSSR count). The Morgan fingerprint density at radius 3 is 2.85 bits per heavy atom. The topological polar surface area (TPSA) is 135 Å². The first-order chi connectivity index (χ1) is 16.7. The van der Waals surface area contributed by atoms with Gasteiger partial charge in [0, 0.05) is 31.3 Å². The minimum absolute atomic E-state index is 0.0734. The first-order valence-corrected chi connectivity index (χ1v) is 11.0. The molecule has 11 nitrogen and oxygen atoms in total. The number of carbonyl (C=O) groups is 1. The van der Waals surface area contributed by atoms with Gasteiger partial charge in [-0.2, -0.15) is 15.2 Å². The highest BCUT2D eigenvalue weighted by atomic mass is 16.5. The summed E-state index contributed by atoms with van der Waals surface area (Å²) in [7, 11) is 1.53. The van der Waals surface area contributed by atoms with E-state index in [0.717, 1.165) is 6.42 Å². The second-order valence-corrected chi connectivity index (χ2v) is 7.94. The van der Waals surface area contributed by atoms with Gasteiger partial charge in [0.1, 0.15) is 23.6 Å². The number of aromatic amines is 1. The van der Waals surface area contributed by atoms with Gasteiger partial charge in [0.05, 0.1) is 50.2 Å². The maximum Gasteiger partial charge on any atom is 0.254 e. The van der Waals surface area contributed by atoms with E-state index in [1.807, 2.05) is 0 Å². The third-order valence-corrected chi connectivity index (χ3v) is 5.78. The molecule has 11 heteroatoms. The molecule has 4 heterocycles. The number of hydrogen-bond donors (Lipinski definition) is 2. The first kappa shape index (κ1) is 21.9. The van der Waals surface area contributed by atoms with Crippen molar-refractivity contribution in [1.29, 1.82) is 5.26 Å². The fraction of sp³-hybridized carbons (Fsp3) is 0.391. The standard InChI is InChI=1S/C23H24N6O5/c1-31-18-10-14(22(30)29-5-8-32-9-6-29)2-3-17(18)26-23-27-20-19(15(11-24)12-25-20)21(28-23)34-16-4-7-33-13-16/h2-3,10,12,16H,4-9,13H2,1H3,(H2,25,26,27,28). The molecule has 1 unspecified atom stereocenters. The third kappa shape index (κ3) is 4.33. The van der Waals surface area contributed by atoms with Crippen molar-refractivity contribution in [2.45, 2.75) is 12.5 Å². The molecular weight excluding hydrogens is 440 g/mol. The lowest BCUT2D eigenvalue weighted by molar-refractivity contribution is 0.0302. The van der Waals surface area contributed by atoms with Crippen LogP contribution in [0.4, 0.5) is 11.6 Å². The summed E-state index contributed by atoms with van der Waals surface area (Å²) in [6.07, 6.45) is 2.17. The number of amides is 1. The van der Waals surface area contributed by atoms with E-state index >= 15 is 0 Å². The van der Waals surface area contributed by atoms with Crippen molar-refractivity contribution < 1.29 is 23.7 Å². The van der Waals surface area contributed by atoms with E-state index in [2.05, 4.69) is 26.3 Å². The number of fused-ring (bicyclic) bond motifs is 1. The molecule has 2 saturated heterocycles. The average Bonchev–Trinajstić information content (AvgIpc) is 3.54. The molecule has 3 aromatic rings. The zero-order valence-corrected chi connectivity index (χ0v) is 18.7. The van der Waals surface area contributed by atoms with E-state index in [0.29, 0.717) is 79.0 Å². The van der Waals surface area contributed by atoms with Gasteiger partial charge >= 0.3 is 0 Å². The van der Waals surface area contributed by atoms with E-state index in [-0.39, 0.29) is 18.0 Å². The number of H-pyrrole nitrogens is 1. The minimum Gasteiger partial charge on any atom is -0.495 e. The summed E-state index contributed by atoms with van der Waals surface area (Å²) in [6, 6.07) is 7.31. The number of anilines is 2. The number of benzene rings is 1. The molecule has 2 aromatic heterocycles. The Bertz CT molecular complexity index is 1240. The molecule has 2 aliphatic heterocycles. The van der Waals surface area contributed by atoms with Crippen LogP contribution in [-0.2, 0) is 9.47 Å². The largest absolute Gasteiger partial charge is 0.495 e. The molecule has 0 aliphatic carbocycles. The smallest absolute Gasteiger partial charge is 0.254 e. The van der Waals surface area contributed by atoms with Gasteiger partial charge < -0.3 is 34.1 Å². The molecule has 1 amide bonds. The molecule has 0 radical (unpaired) electrons. The van der Waals surface area contributed by atoms with Crippen LogP contribution in [0.2, 0.25) is 0 Å². The number of methoxy groups -OCH3 is 1. The van der Waals surface area contributed by atoms with Crippen LogP contribution in [0.5, 0.6) is 11.6 Å². The summed E-state index contributed by atoms with van der Waals surface area (Å²) < 4.78 is 22.3. The second kappa shape index (κ2) is 9.54. The number of morpholine rings is 1. The van der Waals surface area contributed by atoms with Gasteiger partial charge in [-0.3, -0.25) is 4.79 Å². The van der Waals surface area contributed by atoms with Crippen LogP contribution in [-0.4, -0.2) is 78.5 Å². The van der Waals surface area contributed by atoms with Crippen molar-refractivity contribution in [3.05, 3.63) is 35.5 Å². The fourth-order valence-electron chi connectivity index (χ4n) is 3.99. The number of nitrogens with zero attached hydrogens (tertiary/aromatic N) is 4. The van der Waals surface area contributed by atoms with E-state index < -0.39 is 0 Å². The van der Waals surface area contributed by atoms with E-state index in [1.165, 1.54) is 7.11 Å². The molecular formula is C23H24N6O5. The van der Waals surface area contributed by atoms with E-state index in [9.17, 15) is 10.1 Å². The lowest BCUT2D eigenvalue weighted by atomic mass is 10.1. The number of nitriles is 1. The summed E-state index contributed by atoms with van der Waals surface area (Å²) in [5.74, 6) is 0.964. The molecule has 2 N–H and O–H groups in total. The van der Waals surface area contributed by atoms with Crippen molar-refractivity contribution in [3.8, 4) is 17.7 Å². The molecule has 34 heavy (non-hydrogen) atoms. The van der Waals surface area contributed by atoms with Gasteiger partial charge in [-0.05, 0) is 18.2 Å². The highest BCUT2D eigenvalue weighted by Gasteiger charge is 2.23. The second-order valence-electron chi connectivity index (χ2n) is 7.94. The average molecular weight is 464 g/mol. The number of ether oxygens (including phenoxy) is 4. The number of rotatable bonds is 6. The summed E-state index contributed by atoms with van der Waals surface area (Å²) >= 11 is 0. The van der Waals surface area contributed by atoms with Crippen molar-refractivity contribution in [3.63, 3.8) is 0 Å². The Labute approximate surface area is 195 Å². The quantitative estimate of drug-likeness (QED) is 0.563. The van der Waals surface area contributed by atoms with Crippen LogP contribution < -0.4 is 14.8 Å². The molecule has 176 valence electrons. The Morgan fingerprint density at radius 1 is 1.26 bits per heavy atom. The highest BCUT2D eigenvalue weighted by Crippen LogP contribution is 2.32. The molecule has 2 fully saturated rings. The SMILES string of the molecule is COc1cc(C(=O)N2CCOCC2)ccc1Nc1nc(OC2CCOC2)c2c(C#N)c[nH]c2n1. The van der Waals surface area contributed by atoms with Crippen LogP contribution in [0.3, 0.4) is 0 Å². The van der Waals surface area contributed by atoms with Crippen molar-refractivity contribution in [1.82, 2.24) is 19.9 Å². The van der Waals surface area contributed by atoms with Crippen molar-refractivity contribution >= 4 is 28.6 Å². The van der Waals surface area contributed by atoms with Gasteiger partial charge in [-0.25, -0.2) is 0 Å². The number of carbonyl (C=O) groups excluding carboxylic acids is 1. The van der Waals surface area contributed by atoms with Crippen LogP contribution in [0.1, 0.15) is 22.3 Å². The maximum atomic E-state index is 12.8. The summed E-state index contributed by atoms with van der Waals surface area (Å²) in [5, 5.41) is 13.1. The van der Waals surface area contributed by atoms with Gasteiger partial charge in [-0.1, -0.05) is 0 Å². The number of aromatic nitrogens is 3. The number of hydrogen-bond acceptors (Lipinski definition) is 9. The zero-order valence-electron chi connectivity index (χ0n) is 18.7. The fourth-order valence-corrected chi connectivity index (χ4v) is 3.99. The summed E-state index contributed by atoms with van der Waals surface area (Å²) in [5.41, 5.74) is 1.98. The molecule has 0 saturated carbocycles. The van der Waals surface area contributed by atoms with Gasteiger partial charge in [0.25, 0.3) is 5.91 Å².